The fourth-order valence-electron chi connectivity index (χ4n) is 3.95. The van der Waals surface area contributed by atoms with Gasteiger partial charge in [-0.1, -0.05) is 12.1 Å². The molecule has 0 N–H and O–H groups in total. The molecule has 0 bridgehead atoms. The van der Waals surface area contributed by atoms with Crippen LogP contribution in [0.1, 0.15) is 38.2 Å². The van der Waals surface area contributed by atoms with E-state index < -0.39 is 14.9 Å². The molecule has 1 aliphatic heterocycles. The zero-order valence-electron chi connectivity index (χ0n) is 18.4. The predicted molar refractivity (Wildman–Crippen MR) is 118 cm³/mol. The van der Waals surface area contributed by atoms with E-state index in [2.05, 4.69) is 0 Å². The number of piperazine rings is 1. The lowest BCUT2D eigenvalue weighted by Gasteiger charge is -2.34. The van der Waals surface area contributed by atoms with Crippen molar-refractivity contribution in [3.8, 4) is 0 Å². The van der Waals surface area contributed by atoms with Gasteiger partial charge in [-0.2, -0.15) is 4.31 Å². The highest BCUT2D eigenvalue weighted by Gasteiger charge is 2.33. The second-order valence-electron chi connectivity index (χ2n) is 8.04. The molecule has 1 aliphatic rings. The summed E-state index contributed by atoms with van der Waals surface area (Å²) in [5.74, 6) is -0.334. The number of carbonyl (C=O) groups excluding carboxylic acids is 1. The van der Waals surface area contributed by atoms with Crippen LogP contribution < -0.4 is 0 Å². The monoisotopic (exact) mass is 445 g/mol. The molecular formula is C22H27N3O5S. The lowest BCUT2D eigenvalue weighted by Crippen LogP contribution is -2.50. The Morgan fingerprint density at radius 2 is 1.45 bits per heavy atom. The van der Waals surface area contributed by atoms with Gasteiger partial charge in [0.25, 0.3) is 11.6 Å². The minimum Gasteiger partial charge on any atom is -0.336 e. The molecule has 1 fully saturated rings. The van der Waals surface area contributed by atoms with Crippen LogP contribution in [0.5, 0.6) is 0 Å². The van der Waals surface area contributed by atoms with Gasteiger partial charge in [0.05, 0.1) is 9.82 Å². The first-order chi connectivity index (χ1) is 14.4. The number of hydrogen-bond acceptors (Lipinski definition) is 5. The van der Waals surface area contributed by atoms with Crippen LogP contribution >= 0.6 is 0 Å². The number of nitro groups is 1. The van der Waals surface area contributed by atoms with Crippen LogP contribution in [0, 0.1) is 44.7 Å². The number of amides is 1. The van der Waals surface area contributed by atoms with Crippen molar-refractivity contribution in [3.63, 3.8) is 0 Å². The van der Waals surface area contributed by atoms with E-state index in [1.54, 1.807) is 24.0 Å². The summed E-state index contributed by atoms with van der Waals surface area (Å²) in [7, 11) is -3.70. The molecular weight excluding hydrogens is 418 g/mol. The van der Waals surface area contributed by atoms with Crippen molar-refractivity contribution in [2.45, 2.75) is 39.5 Å². The van der Waals surface area contributed by atoms with Crippen LogP contribution in [-0.4, -0.2) is 54.6 Å². The van der Waals surface area contributed by atoms with Crippen molar-refractivity contribution in [3.05, 3.63) is 67.8 Å². The Hall–Kier alpha value is -2.78. The maximum absolute atomic E-state index is 13.4. The molecule has 0 unspecified atom stereocenters. The number of benzene rings is 2. The Morgan fingerprint density at radius 3 is 1.97 bits per heavy atom. The highest BCUT2D eigenvalue weighted by atomic mass is 32.2. The molecule has 31 heavy (non-hydrogen) atoms. The van der Waals surface area contributed by atoms with Crippen LogP contribution in [0.3, 0.4) is 0 Å². The van der Waals surface area contributed by atoms with E-state index >= 15 is 0 Å². The van der Waals surface area contributed by atoms with Crippen LogP contribution in [0.25, 0.3) is 0 Å². The summed E-state index contributed by atoms with van der Waals surface area (Å²) >= 11 is 0. The number of hydrogen-bond donors (Lipinski definition) is 0. The molecule has 1 amide bonds. The van der Waals surface area contributed by atoms with E-state index in [0.717, 1.165) is 22.3 Å². The zero-order chi connectivity index (χ0) is 23.1. The Kier molecular flexibility index (Phi) is 6.20. The minimum atomic E-state index is -3.70. The maximum atomic E-state index is 13.4. The fraction of sp³-hybridized carbons (Fsp3) is 0.409. The largest absolute Gasteiger partial charge is 0.336 e. The highest BCUT2D eigenvalue weighted by Crippen LogP contribution is 2.29. The molecule has 1 saturated heterocycles. The maximum Gasteiger partial charge on any atom is 0.273 e. The second kappa shape index (κ2) is 8.39. The third-order valence-corrected chi connectivity index (χ3v) is 8.25. The summed E-state index contributed by atoms with van der Waals surface area (Å²) in [6.45, 7) is 9.86. The number of nitro benzene ring substituents is 1. The van der Waals surface area contributed by atoms with Gasteiger partial charge in [0.2, 0.25) is 10.0 Å². The fourth-order valence-corrected chi connectivity index (χ4v) is 5.95. The lowest BCUT2D eigenvalue weighted by molar-refractivity contribution is -0.385. The Labute approximate surface area is 182 Å². The highest BCUT2D eigenvalue weighted by molar-refractivity contribution is 7.89. The molecule has 0 spiro atoms. The summed E-state index contributed by atoms with van der Waals surface area (Å²) in [4.78, 5) is 25.4. The average Bonchev–Trinajstić information content (AvgIpc) is 2.72. The van der Waals surface area contributed by atoms with Gasteiger partial charge in [0.15, 0.2) is 0 Å². The molecule has 1 heterocycles. The molecule has 3 rings (SSSR count). The molecule has 0 aromatic heterocycles. The van der Waals surface area contributed by atoms with E-state index in [1.165, 1.54) is 10.4 Å². The van der Waals surface area contributed by atoms with Crippen LogP contribution in [0.4, 0.5) is 5.69 Å². The first-order valence-corrected chi connectivity index (χ1v) is 11.5. The molecule has 9 heteroatoms. The Balaban J connectivity index is 1.81. The van der Waals surface area contributed by atoms with Crippen LogP contribution in [0.15, 0.2) is 29.2 Å². The molecule has 2 aromatic carbocycles. The SMILES string of the molecule is Cc1ccc(C(=O)N2CCN(S(=O)(=O)c3c(C)c(C)cc(C)c3C)CC2)cc1[N+](=O)[O-]. The Bertz CT molecular complexity index is 1140. The van der Waals surface area contributed by atoms with E-state index in [-0.39, 0.29) is 43.3 Å². The number of carbonyl (C=O) groups is 1. The van der Waals surface area contributed by atoms with Gasteiger partial charge >= 0.3 is 0 Å². The smallest absolute Gasteiger partial charge is 0.273 e. The summed E-state index contributed by atoms with van der Waals surface area (Å²) in [5.41, 5.74) is 3.95. The molecule has 0 atom stereocenters. The third-order valence-electron chi connectivity index (χ3n) is 6.07. The van der Waals surface area contributed by atoms with Gasteiger partial charge < -0.3 is 4.90 Å². The lowest BCUT2D eigenvalue weighted by atomic mass is 10.0. The summed E-state index contributed by atoms with van der Waals surface area (Å²) in [6, 6.07) is 6.39. The Morgan fingerprint density at radius 1 is 0.903 bits per heavy atom. The quantitative estimate of drug-likeness (QED) is 0.531. The summed E-state index contributed by atoms with van der Waals surface area (Å²) in [6.07, 6.45) is 0. The normalized spacial score (nSPS) is 15.2. The third kappa shape index (κ3) is 4.20. The second-order valence-corrected chi connectivity index (χ2v) is 9.92. The summed E-state index contributed by atoms with van der Waals surface area (Å²) in [5, 5.41) is 11.2. The molecule has 166 valence electrons. The van der Waals surface area contributed by atoms with Crippen LogP contribution in [-0.2, 0) is 10.0 Å². The first-order valence-electron chi connectivity index (χ1n) is 10.1. The molecule has 0 aliphatic carbocycles. The van der Waals surface area contributed by atoms with Crippen molar-refractivity contribution in [1.82, 2.24) is 9.21 Å². The van der Waals surface area contributed by atoms with Gasteiger partial charge in [-0.15, -0.1) is 0 Å². The number of nitrogens with zero attached hydrogens (tertiary/aromatic N) is 3. The topological polar surface area (TPSA) is 101 Å². The van der Waals surface area contributed by atoms with E-state index in [9.17, 15) is 23.3 Å². The van der Waals surface area contributed by atoms with E-state index in [4.69, 9.17) is 0 Å². The molecule has 8 nitrogen and oxygen atoms in total. The minimum absolute atomic E-state index is 0.104. The number of rotatable bonds is 4. The average molecular weight is 446 g/mol. The standard InChI is InChI=1S/C22H27N3O5S/c1-14-6-7-19(13-20(14)25(27)28)22(26)23-8-10-24(11-9-23)31(29,30)21-17(4)15(2)12-16(3)18(21)5/h6-7,12-13H,8-11H2,1-5H3. The number of aryl methyl sites for hydroxylation is 3. The molecule has 0 saturated carbocycles. The van der Waals surface area contributed by atoms with Gasteiger partial charge in [-0.3, -0.25) is 14.9 Å². The molecule has 0 radical (unpaired) electrons. The van der Waals surface area contributed by atoms with Crippen molar-refractivity contribution in [2.24, 2.45) is 0 Å². The van der Waals surface area contributed by atoms with Crippen molar-refractivity contribution >= 4 is 21.6 Å². The van der Waals surface area contributed by atoms with Crippen LogP contribution in [0.2, 0.25) is 0 Å². The van der Waals surface area contributed by atoms with Gasteiger partial charge in [-0.25, -0.2) is 8.42 Å². The van der Waals surface area contributed by atoms with Gasteiger partial charge in [0, 0.05) is 43.4 Å². The molecule has 2 aromatic rings. The van der Waals surface area contributed by atoms with E-state index in [0.29, 0.717) is 10.5 Å². The van der Waals surface area contributed by atoms with Gasteiger partial charge in [0.1, 0.15) is 0 Å². The summed E-state index contributed by atoms with van der Waals surface area (Å²) < 4.78 is 28.2. The number of sulfonamides is 1. The predicted octanol–water partition coefficient (Wildman–Crippen LogP) is 3.28. The zero-order valence-corrected chi connectivity index (χ0v) is 19.2. The van der Waals surface area contributed by atoms with Gasteiger partial charge in [-0.05, 0) is 62.9 Å². The van der Waals surface area contributed by atoms with E-state index in [1.807, 2.05) is 33.8 Å². The van der Waals surface area contributed by atoms with Crippen molar-refractivity contribution in [1.29, 1.82) is 0 Å². The first kappa shape index (κ1) is 22.9. The van der Waals surface area contributed by atoms with Crippen molar-refractivity contribution < 1.29 is 18.1 Å². The van der Waals surface area contributed by atoms with Crippen molar-refractivity contribution in [2.75, 3.05) is 26.2 Å².